The van der Waals surface area contributed by atoms with Crippen molar-refractivity contribution in [3.05, 3.63) is 24.0 Å². The first-order chi connectivity index (χ1) is 8.69. The van der Waals surface area contributed by atoms with E-state index in [1.54, 1.807) is 0 Å². The van der Waals surface area contributed by atoms with E-state index in [1.165, 1.54) is 18.2 Å². The molecule has 4 nitrogen and oxygen atoms in total. The van der Waals surface area contributed by atoms with Crippen LogP contribution in [-0.4, -0.2) is 19.1 Å². The van der Waals surface area contributed by atoms with Gasteiger partial charge in [0.1, 0.15) is 11.6 Å². The van der Waals surface area contributed by atoms with Crippen molar-refractivity contribution in [1.82, 2.24) is 0 Å². The van der Waals surface area contributed by atoms with Crippen molar-refractivity contribution in [2.75, 3.05) is 18.5 Å². The fraction of sp³-hybridized carbons (Fsp3) is 0.462. The summed E-state index contributed by atoms with van der Waals surface area (Å²) in [6.07, 6.45) is 2.55. The maximum absolute atomic E-state index is 13.2. The molecule has 0 spiro atoms. The highest BCUT2D eigenvalue weighted by atomic mass is 19.1. The summed E-state index contributed by atoms with van der Waals surface area (Å²) in [5.74, 6) is 0.381. The lowest BCUT2D eigenvalue weighted by atomic mass is 10.2. The predicted octanol–water partition coefficient (Wildman–Crippen LogP) is 1.90. The van der Waals surface area contributed by atoms with Crippen LogP contribution in [0.3, 0.4) is 0 Å². The van der Waals surface area contributed by atoms with Gasteiger partial charge in [0.05, 0.1) is 12.3 Å². The standard InChI is InChI=1S/C13H17FN2O2/c14-10-3-4-11(16-13(17)5-6-15)12(7-10)18-8-9-1-2-9/h3-4,7,9H,1-2,5-6,8,15H2,(H,16,17). The lowest BCUT2D eigenvalue weighted by Gasteiger charge is -2.12. The van der Waals surface area contributed by atoms with Gasteiger partial charge in [0, 0.05) is 19.0 Å². The van der Waals surface area contributed by atoms with Crippen LogP contribution in [0.2, 0.25) is 0 Å². The van der Waals surface area contributed by atoms with Crippen LogP contribution in [0.4, 0.5) is 10.1 Å². The lowest BCUT2D eigenvalue weighted by molar-refractivity contribution is -0.116. The third-order valence-electron chi connectivity index (χ3n) is 2.76. The van der Waals surface area contributed by atoms with Gasteiger partial charge in [-0.25, -0.2) is 4.39 Å². The molecular formula is C13H17FN2O2. The Labute approximate surface area is 105 Å². The second kappa shape index (κ2) is 5.82. The van der Waals surface area contributed by atoms with Crippen molar-refractivity contribution in [2.24, 2.45) is 11.7 Å². The van der Waals surface area contributed by atoms with Crippen molar-refractivity contribution in [3.8, 4) is 5.75 Å². The molecular weight excluding hydrogens is 235 g/mol. The van der Waals surface area contributed by atoms with Crippen LogP contribution in [0.25, 0.3) is 0 Å². The molecule has 0 unspecified atom stereocenters. The van der Waals surface area contributed by atoms with E-state index in [9.17, 15) is 9.18 Å². The monoisotopic (exact) mass is 252 g/mol. The third-order valence-corrected chi connectivity index (χ3v) is 2.76. The Morgan fingerprint density at radius 1 is 1.50 bits per heavy atom. The van der Waals surface area contributed by atoms with Crippen molar-refractivity contribution in [2.45, 2.75) is 19.3 Å². The molecule has 1 fully saturated rings. The molecule has 1 aliphatic carbocycles. The largest absolute Gasteiger partial charge is 0.491 e. The Bertz CT molecular complexity index is 433. The van der Waals surface area contributed by atoms with E-state index in [2.05, 4.69) is 5.32 Å². The Balaban J connectivity index is 2.03. The summed E-state index contributed by atoms with van der Waals surface area (Å²) in [4.78, 5) is 11.5. The summed E-state index contributed by atoms with van der Waals surface area (Å²) in [7, 11) is 0. The first-order valence-electron chi connectivity index (χ1n) is 6.11. The van der Waals surface area contributed by atoms with Gasteiger partial charge in [0.2, 0.25) is 5.91 Å². The van der Waals surface area contributed by atoms with Gasteiger partial charge in [0.25, 0.3) is 0 Å². The Kier molecular flexibility index (Phi) is 4.15. The van der Waals surface area contributed by atoms with Crippen LogP contribution in [0, 0.1) is 11.7 Å². The Morgan fingerprint density at radius 3 is 2.94 bits per heavy atom. The van der Waals surface area contributed by atoms with Crippen molar-refractivity contribution >= 4 is 11.6 Å². The fourth-order valence-corrected chi connectivity index (χ4v) is 1.55. The number of rotatable bonds is 6. The van der Waals surface area contributed by atoms with Crippen LogP contribution in [-0.2, 0) is 4.79 Å². The molecule has 0 radical (unpaired) electrons. The quantitative estimate of drug-likeness (QED) is 0.812. The minimum absolute atomic E-state index is 0.194. The van der Waals surface area contributed by atoms with E-state index in [1.807, 2.05) is 0 Å². The van der Waals surface area contributed by atoms with E-state index in [0.29, 0.717) is 24.0 Å². The van der Waals surface area contributed by atoms with Crippen LogP contribution in [0.1, 0.15) is 19.3 Å². The molecule has 5 heteroatoms. The van der Waals surface area contributed by atoms with Gasteiger partial charge in [0.15, 0.2) is 0 Å². The highest BCUT2D eigenvalue weighted by Gasteiger charge is 2.22. The zero-order valence-corrected chi connectivity index (χ0v) is 10.1. The summed E-state index contributed by atoms with van der Waals surface area (Å²) in [6, 6.07) is 4.09. The first kappa shape index (κ1) is 12.8. The fourth-order valence-electron chi connectivity index (χ4n) is 1.55. The van der Waals surface area contributed by atoms with Gasteiger partial charge in [-0.15, -0.1) is 0 Å². The van der Waals surface area contributed by atoms with Gasteiger partial charge in [-0.2, -0.15) is 0 Å². The van der Waals surface area contributed by atoms with E-state index in [-0.39, 0.29) is 24.7 Å². The molecule has 1 amide bonds. The summed E-state index contributed by atoms with van der Waals surface area (Å²) in [5, 5.41) is 2.67. The minimum Gasteiger partial charge on any atom is -0.491 e. The van der Waals surface area contributed by atoms with Gasteiger partial charge in [-0.1, -0.05) is 0 Å². The average molecular weight is 252 g/mol. The molecule has 0 saturated heterocycles. The predicted molar refractivity (Wildman–Crippen MR) is 66.9 cm³/mol. The van der Waals surface area contributed by atoms with E-state index < -0.39 is 0 Å². The average Bonchev–Trinajstić information content (AvgIpc) is 3.14. The third kappa shape index (κ3) is 3.70. The molecule has 98 valence electrons. The molecule has 1 aromatic rings. The molecule has 1 aliphatic rings. The highest BCUT2D eigenvalue weighted by molar-refractivity contribution is 5.92. The number of ether oxygens (including phenoxy) is 1. The van der Waals surface area contributed by atoms with Gasteiger partial charge >= 0.3 is 0 Å². The second-order valence-electron chi connectivity index (χ2n) is 4.48. The van der Waals surface area contributed by atoms with Crippen molar-refractivity contribution in [1.29, 1.82) is 0 Å². The maximum Gasteiger partial charge on any atom is 0.225 e. The van der Waals surface area contributed by atoms with E-state index >= 15 is 0 Å². The van der Waals surface area contributed by atoms with Gasteiger partial charge < -0.3 is 15.8 Å². The number of carbonyl (C=O) groups excluding carboxylic acids is 1. The van der Waals surface area contributed by atoms with Crippen molar-refractivity contribution < 1.29 is 13.9 Å². The number of hydrogen-bond acceptors (Lipinski definition) is 3. The summed E-state index contributed by atoms with van der Waals surface area (Å²) in [6.45, 7) is 0.856. The van der Waals surface area contributed by atoms with Gasteiger partial charge in [-0.05, 0) is 30.9 Å². The number of nitrogens with two attached hydrogens (primary N) is 1. The molecule has 0 atom stereocenters. The molecule has 3 N–H and O–H groups in total. The maximum atomic E-state index is 13.2. The van der Waals surface area contributed by atoms with E-state index in [0.717, 1.165) is 12.8 Å². The number of amides is 1. The number of halogens is 1. The molecule has 0 aromatic heterocycles. The Hall–Kier alpha value is -1.62. The zero-order chi connectivity index (χ0) is 13.0. The SMILES string of the molecule is NCCC(=O)Nc1ccc(F)cc1OCC1CC1. The molecule has 0 aliphatic heterocycles. The van der Waals surface area contributed by atoms with Crippen molar-refractivity contribution in [3.63, 3.8) is 0 Å². The molecule has 1 aromatic carbocycles. The summed E-state index contributed by atoms with van der Waals surface area (Å²) >= 11 is 0. The minimum atomic E-state index is -0.377. The topological polar surface area (TPSA) is 64.4 Å². The molecule has 0 bridgehead atoms. The summed E-state index contributed by atoms with van der Waals surface area (Å²) < 4.78 is 18.7. The highest BCUT2D eigenvalue weighted by Crippen LogP contribution is 2.32. The van der Waals surface area contributed by atoms with Crippen LogP contribution < -0.4 is 15.8 Å². The molecule has 2 rings (SSSR count). The van der Waals surface area contributed by atoms with Crippen LogP contribution in [0.5, 0.6) is 5.75 Å². The number of carbonyl (C=O) groups is 1. The van der Waals surface area contributed by atoms with Crippen LogP contribution in [0.15, 0.2) is 18.2 Å². The number of hydrogen-bond donors (Lipinski definition) is 2. The number of benzene rings is 1. The lowest BCUT2D eigenvalue weighted by Crippen LogP contribution is -2.17. The first-order valence-corrected chi connectivity index (χ1v) is 6.11. The van der Waals surface area contributed by atoms with E-state index in [4.69, 9.17) is 10.5 Å². The number of nitrogens with one attached hydrogen (secondary N) is 1. The molecule has 1 saturated carbocycles. The molecule has 18 heavy (non-hydrogen) atoms. The molecule has 0 heterocycles. The number of anilines is 1. The summed E-state index contributed by atoms with van der Waals surface area (Å²) in [5.41, 5.74) is 5.80. The zero-order valence-electron chi connectivity index (χ0n) is 10.1. The smallest absolute Gasteiger partial charge is 0.225 e. The van der Waals surface area contributed by atoms with Crippen LogP contribution >= 0.6 is 0 Å². The normalized spacial score (nSPS) is 14.3. The Morgan fingerprint density at radius 2 is 2.28 bits per heavy atom. The van der Waals surface area contributed by atoms with Gasteiger partial charge in [-0.3, -0.25) is 4.79 Å². The second-order valence-corrected chi connectivity index (χ2v) is 4.48.